The summed E-state index contributed by atoms with van der Waals surface area (Å²) in [4.78, 5) is 0. The second kappa shape index (κ2) is 2.79. The van der Waals surface area contributed by atoms with Gasteiger partial charge in [-0.2, -0.15) is 0 Å². The quantitative estimate of drug-likeness (QED) is 0.662. The van der Waals surface area contributed by atoms with Crippen LogP contribution >= 0.6 is 0 Å². The van der Waals surface area contributed by atoms with Gasteiger partial charge in [-0.3, -0.25) is 5.23 Å². The zero-order chi connectivity index (χ0) is 10.8. The molecule has 84 valence electrons. The van der Waals surface area contributed by atoms with E-state index in [1.165, 1.54) is 12.8 Å². The highest BCUT2D eigenvalue weighted by molar-refractivity contribution is 6.42. The van der Waals surface area contributed by atoms with Gasteiger partial charge in [0.25, 0.3) is 0 Å². The second-order valence-corrected chi connectivity index (χ2v) is 6.10. The minimum atomic E-state index is -0.184. The lowest BCUT2D eigenvalue weighted by Crippen LogP contribution is -2.41. The molecule has 0 aromatic carbocycles. The lowest BCUT2D eigenvalue weighted by atomic mass is 9.70. The summed E-state index contributed by atoms with van der Waals surface area (Å²) in [5, 5.41) is 3.47. The maximum absolute atomic E-state index is 5.97. The van der Waals surface area contributed by atoms with Gasteiger partial charge in [-0.05, 0) is 29.6 Å². The lowest BCUT2D eigenvalue weighted by Gasteiger charge is -2.38. The first-order chi connectivity index (χ1) is 7.00. The van der Waals surface area contributed by atoms with Crippen molar-refractivity contribution in [2.75, 3.05) is 7.11 Å². The van der Waals surface area contributed by atoms with Crippen LogP contribution in [0.5, 0.6) is 0 Å². The van der Waals surface area contributed by atoms with Crippen LogP contribution in [-0.2, 0) is 9.31 Å². The van der Waals surface area contributed by atoms with Crippen LogP contribution in [0.3, 0.4) is 0 Å². The molecule has 0 amide bonds. The molecular formula is C11H20BNO2. The highest BCUT2D eigenvalue weighted by atomic mass is 16.6. The van der Waals surface area contributed by atoms with Crippen molar-refractivity contribution in [2.24, 2.45) is 16.7 Å². The number of fused-ring (bicyclic) bond motifs is 5. The highest BCUT2D eigenvalue weighted by Gasteiger charge is 2.69. The highest BCUT2D eigenvalue weighted by Crippen LogP contribution is 2.67. The van der Waals surface area contributed by atoms with E-state index in [4.69, 9.17) is 9.31 Å². The number of nitrogens with one attached hydrogen (secondary N) is 1. The standard InChI is InChI=1S/C11H20BNO2/c1-10(2)7-5-6-11(10,3)9-8(7)13-12(14-4)15-9/h7-9,13H,5-6H2,1-4H3/t7-,8-,9-,11+/m1/s1. The maximum Gasteiger partial charge on any atom is 0.555 e. The van der Waals surface area contributed by atoms with E-state index in [1.54, 1.807) is 7.11 Å². The number of hydrogen-bond acceptors (Lipinski definition) is 3. The third-order valence-electron chi connectivity index (χ3n) is 5.57. The van der Waals surface area contributed by atoms with Crippen LogP contribution in [0, 0.1) is 16.7 Å². The molecule has 4 heteroatoms. The van der Waals surface area contributed by atoms with Crippen molar-refractivity contribution in [3.63, 3.8) is 0 Å². The molecule has 2 aliphatic carbocycles. The molecule has 1 N–H and O–H groups in total. The molecule has 3 fully saturated rings. The molecule has 1 aliphatic heterocycles. The van der Waals surface area contributed by atoms with Crippen LogP contribution in [0.25, 0.3) is 0 Å². The van der Waals surface area contributed by atoms with Gasteiger partial charge in [0.05, 0.1) is 6.10 Å². The summed E-state index contributed by atoms with van der Waals surface area (Å²) in [5.41, 5.74) is 0.719. The summed E-state index contributed by atoms with van der Waals surface area (Å²) >= 11 is 0. The van der Waals surface area contributed by atoms with Crippen LogP contribution in [0.1, 0.15) is 33.6 Å². The van der Waals surface area contributed by atoms with E-state index in [-0.39, 0.29) is 7.25 Å². The molecule has 1 saturated heterocycles. The molecule has 0 aromatic rings. The van der Waals surface area contributed by atoms with E-state index in [0.29, 0.717) is 23.0 Å². The van der Waals surface area contributed by atoms with Crippen molar-refractivity contribution in [1.29, 1.82) is 0 Å². The maximum atomic E-state index is 5.97. The Morgan fingerprint density at radius 3 is 2.73 bits per heavy atom. The van der Waals surface area contributed by atoms with E-state index in [1.807, 2.05) is 0 Å². The fraction of sp³-hybridized carbons (Fsp3) is 1.00. The summed E-state index contributed by atoms with van der Waals surface area (Å²) in [7, 11) is 1.52. The van der Waals surface area contributed by atoms with Crippen LogP contribution in [0.15, 0.2) is 0 Å². The Labute approximate surface area is 92.1 Å². The second-order valence-electron chi connectivity index (χ2n) is 6.10. The van der Waals surface area contributed by atoms with Gasteiger partial charge in [0.15, 0.2) is 0 Å². The third-order valence-corrected chi connectivity index (χ3v) is 5.57. The van der Waals surface area contributed by atoms with Crippen LogP contribution < -0.4 is 5.23 Å². The van der Waals surface area contributed by atoms with Gasteiger partial charge in [-0.15, -0.1) is 0 Å². The Hall–Kier alpha value is -0.0551. The van der Waals surface area contributed by atoms with Crippen LogP contribution in [-0.4, -0.2) is 26.5 Å². The first kappa shape index (κ1) is 10.1. The fourth-order valence-corrected chi connectivity index (χ4v) is 4.20. The van der Waals surface area contributed by atoms with Gasteiger partial charge < -0.3 is 9.31 Å². The predicted molar refractivity (Wildman–Crippen MR) is 59.2 cm³/mol. The fourth-order valence-electron chi connectivity index (χ4n) is 4.20. The SMILES string of the molecule is COB1N[C@@H]2[C@H]3CC[C@@](C)([C@@H]2O1)C3(C)C. The zero-order valence-corrected chi connectivity index (χ0v) is 10.0. The minimum Gasteiger partial charge on any atom is -0.400 e. The average Bonchev–Trinajstić information content (AvgIpc) is 2.74. The molecule has 0 aromatic heterocycles. The first-order valence-electron chi connectivity index (χ1n) is 5.95. The van der Waals surface area contributed by atoms with Gasteiger partial charge in [-0.1, -0.05) is 20.8 Å². The molecule has 4 atom stereocenters. The summed E-state index contributed by atoms with van der Waals surface area (Å²) in [6.07, 6.45) is 2.97. The van der Waals surface area contributed by atoms with E-state index in [9.17, 15) is 0 Å². The third kappa shape index (κ3) is 0.985. The largest absolute Gasteiger partial charge is 0.555 e. The van der Waals surface area contributed by atoms with Crippen molar-refractivity contribution in [1.82, 2.24) is 5.23 Å². The minimum absolute atomic E-state index is 0.184. The summed E-state index contributed by atoms with van der Waals surface area (Å²) in [6, 6.07) is 0.503. The van der Waals surface area contributed by atoms with E-state index < -0.39 is 0 Å². The molecule has 3 nitrogen and oxygen atoms in total. The first-order valence-corrected chi connectivity index (χ1v) is 5.95. The predicted octanol–water partition coefficient (Wildman–Crippen LogP) is 1.43. The van der Waals surface area contributed by atoms with E-state index >= 15 is 0 Å². The molecule has 2 bridgehead atoms. The Morgan fingerprint density at radius 1 is 1.40 bits per heavy atom. The molecule has 1 heterocycles. The Balaban J connectivity index is 1.94. The molecular weight excluding hydrogens is 189 g/mol. The van der Waals surface area contributed by atoms with Gasteiger partial charge in [0.2, 0.25) is 0 Å². The van der Waals surface area contributed by atoms with Crippen molar-refractivity contribution >= 4 is 7.25 Å². The molecule has 3 aliphatic rings. The van der Waals surface area contributed by atoms with Crippen molar-refractivity contribution in [3.05, 3.63) is 0 Å². The average molecular weight is 209 g/mol. The van der Waals surface area contributed by atoms with Crippen LogP contribution in [0.2, 0.25) is 0 Å². The Bertz CT molecular complexity index is 296. The Kier molecular flexibility index (Phi) is 1.88. The summed E-state index contributed by atoms with van der Waals surface area (Å²) in [6.45, 7) is 7.18. The van der Waals surface area contributed by atoms with Crippen molar-refractivity contribution in [2.45, 2.75) is 45.8 Å². The smallest absolute Gasteiger partial charge is 0.400 e. The normalized spacial score (nSPS) is 51.2. The van der Waals surface area contributed by atoms with Gasteiger partial charge in [0.1, 0.15) is 0 Å². The van der Waals surface area contributed by atoms with E-state index in [2.05, 4.69) is 26.0 Å². The molecule has 0 unspecified atom stereocenters. The topological polar surface area (TPSA) is 30.5 Å². The van der Waals surface area contributed by atoms with Gasteiger partial charge in [0, 0.05) is 13.2 Å². The monoisotopic (exact) mass is 209 g/mol. The zero-order valence-electron chi connectivity index (χ0n) is 10.0. The number of hydrogen-bond donors (Lipinski definition) is 1. The molecule has 15 heavy (non-hydrogen) atoms. The van der Waals surface area contributed by atoms with Crippen molar-refractivity contribution in [3.8, 4) is 0 Å². The summed E-state index contributed by atoms with van der Waals surface area (Å²) < 4.78 is 11.2. The molecule has 2 saturated carbocycles. The van der Waals surface area contributed by atoms with Crippen molar-refractivity contribution < 1.29 is 9.31 Å². The van der Waals surface area contributed by atoms with Crippen LogP contribution in [0.4, 0.5) is 0 Å². The summed E-state index contributed by atoms with van der Waals surface area (Å²) in [5.74, 6) is 0.743. The van der Waals surface area contributed by atoms with E-state index in [0.717, 1.165) is 5.92 Å². The number of rotatable bonds is 1. The molecule has 0 spiro atoms. The molecule has 0 radical (unpaired) electrons. The lowest BCUT2D eigenvalue weighted by molar-refractivity contribution is 0.0255. The van der Waals surface area contributed by atoms with Gasteiger partial charge >= 0.3 is 7.25 Å². The molecule has 3 rings (SSSR count). The Morgan fingerprint density at radius 2 is 2.13 bits per heavy atom. The van der Waals surface area contributed by atoms with Gasteiger partial charge in [-0.25, -0.2) is 0 Å².